The largest absolute Gasteiger partial charge is 0.445 e. The molecule has 29 heavy (non-hydrogen) atoms. The van der Waals surface area contributed by atoms with Crippen molar-refractivity contribution < 1.29 is 19.1 Å². The molecule has 0 saturated carbocycles. The molecule has 0 saturated heterocycles. The van der Waals surface area contributed by atoms with Gasteiger partial charge in [-0.2, -0.15) is 0 Å². The molecule has 2 amide bonds. The first kappa shape index (κ1) is 22.2. The van der Waals surface area contributed by atoms with Crippen molar-refractivity contribution in [3.05, 3.63) is 71.8 Å². The monoisotopic (exact) mass is 399 g/mol. The van der Waals surface area contributed by atoms with Gasteiger partial charge in [-0.25, -0.2) is 9.59 Å². The number of hydrogen-bond donors (Lipinski definition) is 3. The molecule has 2 rings (SSSR count). The number of ether oxygens (including phenoxy) is 2. The van der Waals surface area contributed by atoms with Crippen molar-refractivity contribution in [2.45, 2.75) is 26.1 Å². The summed E-state index contributed by atoms with van der Waals surface area (Å²) in [4.78, 5) is 23.2. The zero-order valence-corrected chi connectivity index (χ0v) is 16.6. The molecule has 2 aromatic rings. The Balaban J connectivity index is 1.36. The van der Waals surface area contributed by atoms with E-state index >= 15 is 0 Å². The van der Waals surface area contributed by atoms with Crippen molar-refractivity contribution in [1.29, 1.82) is 0 Å². The second-order valence-corrected chi connectivity index (χ2v) is 6.43. The van der Waals surface area contributed by atoms with E-state index in [0.717, 1.165) is 37.1 Å². The molecule has 0 aromatic heterocycles. The van der Waals surface area contributed by atoms with Crippen molar-refractivity contribution in [2.75, 3.05) is 26.2 Å². The number of alkyl carbamates (subject to hydrolysis) is 2. The summed E-state index contributed by atoms with van der Waals surface area (Å²) in [7, 11) is 0. The molecule has 0 unspecified atom stereocenters. The Hall–Kier alpha value is -3.06. The van der Waals surface area contributed by atoms with Crippen LogP contribution in [0.2, 0.25) is 0 Å². The number of rotatable bonds is 12. The van der Waals surface area contributed by atoms with E-state index in [4.69, 9.17) is 9.47 Å². The van der Waals surface area contributed by atoms with Crippen molar-refractivity contribution in [3.8, 4) is 0 Å². The van der Waals surface area contributed by atoms with Gasteiger partial charge in [0.15, 0.2) is 0 Å². The third-order valence-electron chi connectivity index (χ3n) is 4.02. The van der Waals surface area contributed by atoms with Crippen LogP contribution in [0, 0.1) is 0 Å². The van der Waals surface area contributed by atoms with Gasteiger partial charge in [-0.1, -0.05) is 60.7 Å². The van der Waals surface area contributed by atoms with E-state index in [1.807, 2.05) is 60.7 Å². The molecule has 156 valence electrons. The van der Waals surface area contributed by atoms with Crippen LogP contribution in [0.5, 0.6) is 0 Å². The lowest BCUT2D eigenvalue weighted by atomic mass is 10.2. The summed E-state index contributed by atoms with van der Waals surface area (Å²) in [5.74, 6) is 0. The molecule has 0 aliphatic heterocycles. The Labute approximate surface area is 171 Å². The molecule has 0 fully saturated rings. The van der Waals surface area contributed by atoms with Crippen LogP contribution in [0.15, 0.2) is 60.7 Å². The molecule has 0 bridgehead atoms. The number of benzene rings is 2. The van der Waals surface area contributed by atoms with Gasteiger partial charge in [-0.3, -0.25) is 0 Å². The second kappa shape index (κ2) is 14.0. The second-order valence-electron chi connectivity index (χ2n) is 6.43. The molecule has 7 heteroatoms. The molecule has 0 aliphatic carbocycles. The Morgan fingerprint density at radius 2 is 1.03 bits per heavy atom. The van der Waals surface area contributed by atoms with Gasteiger partial charge < -0.3 is 25.4 Å². The van der Waals surface area contributed by atoms with E-state index in [0.29, 0.717) is 13.1 Å². The van der Waals surface area contributed by atoms with E-state index < -0.39 is 12.2 Å². The molecule has 0 spiro atoms. The maximum atomic E-state index is 11.6. The summed E-state index contributed by atoms with van der Waals surface area (Å²) in [6, 6.07) is 19.1. The Morgan fingerprint density at radius 1 is 0.621 bits per heavy atom. The Kier molecular flexibility index (Phi) is 10.7. The third kappa shape index (κ3) is 10.8. The van der Waals surface area contributed by atoms with Crippen LogP contribution in [0.25, 0.3) is 0 Å². The van der Waals surface area contributed by atoms with Gasteiger partial charge in [0, 0.05) is 13.1 Å². The third-order valence-corrected chi connectivity index (χ3v) is 4.02. The number of carbonyl (C=O) groups excluding carboxylic acids is 2. The average Bonchev–Trinajstić information content (AvgIpc) is 2.76. The van der Waals surface area contributed by atoms with Crippen molar-refractivity contribution in [3.63, 3.8) is 0 Å². The Bertz CT molecular complexity index is 649. The van der Waals surface area contributed by atoms with E-state index in [2.05, 4.69) is 16.0 Å². The molecule has 0 aliphatic rings. The van der Waals surface area contributed by atoms with Gasteiger partial charge in [-0.15, -0.1) is 0 Å². The highest BCUT2D eigenvalue weighted by Gasteiger charge is 2.02. The molecule has 0 atom stereocenters. The van der Waals surface area contributed by atoms with E-state index in [1.165, 1.54) is 0 Å². The molecule has 3 N–H and O–H groups in total. The van der Waals surface area contributed by atoms with Gasteiger partial charge in [0.1, 0.15) is 13.2 Å². The lowest BCUT2D eigenvalue weighted by Gasteiger charge is -2.09. The summed E-state index contributed by atoms with van der Waals surface area (Å²) in [5, 5.41) is 8.71. The molecule has 0 heterocycles. The number of nitrogens with one attached hydrogen (secondary N) is 3. The highest BCUT2D eigenvalue weighted by atomic mass is 16.6. The van der Waals surface area contributed by atoms with Gasteiger partial charge in [0.25, 0.3) is 0 Å². The van der Waals surface area contributed by atoms with Crippen LogP contribution in [-0.4, -0.2) is 38.4 Å². The van der Waals surface area contributed by atoms with Crippen LogP contribution < -0.4 is 16.0 Å². The molecular weight excluding hydrogens is 370 g/mol. The summed E-state index contributed by atoms with van der Waals surface area (Å²) >= 11 is 0. The van der Waals surface area contributed by atoms with Gasteiger partial charge in [-0.05, 0) is 37.1 Å². The van der Waals surface area contributed by atoms with Gasteiger partial charge in [0.2, 0.25) is 0 Å². The first-order valence-electron chi connectivity index (χ1n) is 9.84. The first-order valence-corrected chi connectivity index (χ1v) is 9.84. The van der Waals surface area contributed by atoms with Gasteiger partial charge >= 0.3 is 12.2 Å². The fourth-order valence-corrected chi connectivity index (χ4v) is 2.48. The fraction of sp³-hybridized carbons (Fsp3) is 0.364. The maximum absolute atomic E-state index is 11.6. The van der Waals surface area contributed by atoms with Crippen LogP contribution in [-0.2, 0) is 22.7 Å². The van der Waals surface area contributed by atoms with Crippen molar-refractivity contribution in [2.24, 2.45) is 0 Å². The first-order chi connectivity index (χ1) is 14.2. The maximum Gasteiger partial charge on any atom is 0.407 e. The highest BCUT2D eigenvalue weighted by molar-refractivity contribution is 5.67. The lowest BCUT2D eigenvalue weighted by molar-refractivity contribution is 0.139. The molecular formula is C22H29N3O4. The van der Waals surface area contributed by atoms with E-state index in [-0.39, 0.29) is 13.2 Å². The quantitative estimate of drug-likeness (QED) is 0.477. The van der Waals surface area contributed by atoms with Crippen molar-refractivity contribution >= 4 is 12.2 Å². The zero-order chi connectivity index (χ0) is 20.6. The minimum atomic E-state index is -0.410. The topological polar surface area (TPSA) is 88.7 Å². The van der Waals surface area contributed by atoms with Crippen LogP contribution in [0.3, 0.4) is 0 Å². The minimum Gasteiger partial charge on any atom is -0.445 e. The predicted octanol–water partition coefficient (Wildman–Crippen LogP) is 3.21. The molecule has 0 radical (unpaired) electrons. The smallest absolute Gasteiger partial charge is 0.407 e. The zero-order valence-electron chi connectivity index (χ0n) is 16.6. The Morgan fingerprint density at radius 3 is 1.45 bits per heavy atom. The standard InChI is InChI=1S/C22H29N3O4/c26-21(28-17-19-9-3-1-4-10-19)24-15-7-13-23-14-8-16-25-22(27)29-18-20-11-5-2-6-12-20/h1-6,9-12,23H,7-8,13-18H2,(H,24,26)(H,25,27). The van der Waals surface area contributed by atoms with E-state index in [9.17, 15) is 9.59 Å². The molecule has 7 nitrogen and oxygen atoms in total. The SMILES string of the molecule is O=C(NCCCNCCCNC(=O)OCc1ccccc1)OCc1ccccc1. The van der Waals surface area contributed by atoms with E-state index in [1.54, 1.807) is 0 Å². The summed E-state index contributed by atoms with van der Waals surface area (Å²) < 4.78 is 10.3. The fourth-order valence-electron chi connectivity index (χ4n) is 2.48. The summed E-state index contributed by atoms with van der Waals surface area (Å²) in [6.45, 7) is 3.18. The molecule has 2 aromatic carbocycles. The number of carbonyl (C=O) groups is 2. The van der Waals surface area contributed by atoms with Crippen molar-refractivity contribution in [1.82, 2.24) is 16.0 Å². The van der Waals surface area contributed by atoms with Crippen LogP contribution >= 0.6 is 0 Å². The van der Waals surface area contributed by atoms with Crippen LogP contribution in [0.4, 0.5) is 9.59 Å². The number of amides is 2. The average molecular weight is 399 g/mol. The number of hydrogen-bond acceptors (Lipinski definition) is 5. The predicted molar refractivity (Wildman–Crippen MR) is 111 cm³/mol. The lowest BCUT2D eigenvalue weighted by Crippen LogP contribution is -2.30. The summed E-state index contributed by atoms with van der Waals surface area (Å²) in [6.07, 6.45) is 0.777. The normalized spacial score (nSPS) is 10.2. The van der Waals surface area contributed by atoms with Gasteiger partial charge in [0.05, 0.1) is 0 Å². The highest BCUT2D eigenvalue weighted by Crippen LogP contribution is 2.01. The minimum absolute atomic E-state index is 0.270. The van der Waals surface area contributed by atoms with Crippen LogP contribution in [0.1, 0.15) is 24.0 Å². The summed E-state index contributed by atoms with van der Waals surface area (Å²) in [5.41, 5.74) is 1.92.